The van der Waals surface area contributed by atoms with Crippen molar-refractivity contribution in [3.05, 3.63) is 18.4 Å². The van der Waals surface area contributed by atoms with Crippen molar-refractivity contribution in [2.45, 2.75) is 20.3 Å². The average molecular weight is 129 g/mol. The third-order valence-electron chi connectivity index (χ3n) is 0.543. The van der Waals surface area contributed by atoms with E-state index in [4.69, 9.17) is 5.73 Å². The maximum Gasteiger partial charge on any atom is 0.190 e. The van der Waals surface area contributed by atoms with Crippen LogP contribution < -0.4 is 5.73 Å². The van der Waals surface area contributed by atoms with Gasteiger partial charge in [-0.2, -0.15) is 0 Å². The topological polar surface area (TPSA) is 39.2 Å². The Hall–Kier alpha value is -0.920. The molecule has 2 heteroatoms. The van der Waals surface area contributed by atoms with Crippen molar-refractivity contribution in [1.82, 2.24) is 0 Å². The Morgan fingerprint density at radius 3 is 2.33 bits per heavy atom. The molecule has 0 spiro atoms. The minimum atomic E-state index is 0. The Kier molecular flexibility index (Phi) is 4.69. The van der Waals surface area contributed by atoms with E-state index < -0.39 is 0 Å². The van der Waals surface area contributed by atoms with E-state index in [2.05, 4.69) is 18.3 Å². The van der Waals surface area contributed by atoms with Gasteiger partial charge in [0.25, 0.3) is 0 Å². The van der Waals surface area contributed by atoms with Crippen LogP contribution in [0.2, 0.25) is 0 Å². The standard InChI is InChI=1S/C4H5NO.C3H8.H2/c5-4-2-1-3-6-4;1-3-2;/h1-3H,5H2;3H2,1-2H3;1H. The Bertz CT molecular complexity index is 128. The summed E-state index contributed by atoms with van der Waals surface area (Å²) in [6, 6.07) is 3.44. The summed E-state index contributed by atoms with van der Waals surface area (Å²) in [5, 5.41) is 0. The van der Waals surface area contributed by atoms with E-state index in [0.717, 1.165) is 0 Å². The van der Waals surface area contributed by atoms with Gasteiger partial charge in [0.15, 0.2) is 5.88 Å². The molecule has 0 radical (unpaired) electrons. The first-order valence-electron chi connectivity index (χ1n) is 3.10. The molecule has 1 aromatic rings. The van der Waals surface area contributed by atoms with Crippen LogP contribution in [0.5, 0.6) is 0 Å². The van der Waals surface area contributed by atoms with Crippen LogP contribution in [0.1, 0.15) is 21.7 Å². The second-order valence-corrected chi connectivity index (χ2v) is 1.72. The lowest BCUT2D eigenvalue weighted by molar-refractivity contribution is 0.588. The molecule has 2 N–H and O–H groups in total. The van der Waals surface area contributed by atoms with Crippen LogP contribution in [0.15, 0.2) is 22.8 Å². The maximum atomic E-state index is 5.11. The van der Waals surface area contributed by atoms with Crippen LogP contribution >= 0.6 is 0 Å². The smallest absolute Gasteiger partial charge is 0.190 e. The maximum absolute atomic E-state index is 5.11. The van der Waals surface area contributed by atoms with E-state index >= 15 is 0 Å². The van der Waals surface area contributed by atoms with Crippen LogP contribution in [0, 0.1) is 0 Å². The van der Waals surface area contributed by atoms with E-state index in [1.807, 2.05) is 0 Å². The van der Waals surface area contributed by atoms with Gasteiger partial charge in [-0.1, -0.05) is 20.3 Å². The minimum absolute atomic E-state index is 0. The number of hydrogen-bond donors (Lipinski definition) is 1. The van der Waals surface area contributed by atoms with Gasteiger partial charge in [0.1, 0.15) is 0 Å². The van der Waals surface area contributed by atoms with Gasteiger partial charge in [-0.05, 0) is 6.07 Å². The number of rotatable bonds is 0. The third kappa shape index (κ3) is 4.94. The zero-order valence-electron chi connectivity index (χ0n) is 5.92. The second kappa shape index (κ2) is 5.22. The lowest BCUT2D eigenvalue weighted by Gasteiger charge is -1.70. The lowest BCUT2D eigenvalue weighted by atomic mass is 10.6. The summed E-state index contributed by atoms with van der Waals surface area (Å²) in [5.41, 5.74) is 5.11. The molecule has 1 heterocycles. The van der Waals surface area contributed by atoms with Gasteiger partial charge in [0.05, 0.1) is 6.26 Å². The normalized spacial score (nSPS) is 7.78. The molecule has 0 atom stereocenters. The Labute approximate surface area is 57.2 Å². The van der Waals surface area contributed by atoms with E-state index in [1.165, 1.54) is 12.7 Å². The number of hydrogen-bond acceptors (Lipinski definition) is 2. The second-order valence-electron chi connectivity index (χ2n) is 1.72. The summed E-state index contributed by atoms with van der Waals surface area (Å²) in [4.78, 5) is 0. The van der Waals surface area contributed by atoms with E-state index in [0.29, 0.717) is 5.88 Å². The first kappa shape index (κ1) is 8.08. The van der Waals surface area contributed by atoms with E-state index in [-0.39, 0.29) is 1.43 Å². The quantitative estimate of drug-likeness (QED) is 0.584. The molecule has 0 aliphatic rings. The average Bonchev–Trinajstić information content (AvgIpc) is 2.20. The molecular weight excluding hydrogens is 114 g/mol. The van der Waals surface area contributed by atoms with Crippen molar-refractivity contribution < 1.29 is 5.84 Å². The van der Waals surface area contributed by atoms with Gasteiger partial charge in [0.2, 0.25) is 0 Å². The fourth-order valence-electron chi connectivity index (χ4n) is 0.291. The highest BCUT2D eigenvalue weighted by Gasteiger charge is 1.76. The minimum Gasteiger partial charge on any atom is -0.449 e. The zero-order chi connectivity index (χ0) is 7.11. The van der Waals surface area contributed by atoms with Gasteiger partial charge in [-0.3, -0.25) is 0 Å². The molecule has 1 rings (SSSR count). The van der Waals surface area contributed by atoms with Gasteiger partial charge in [-0.25, -0.2) is 0 Å². The Balaban J connectivity index is 0. The molecule has 0 amide bonds. The first-order valence-corrected chi connectivity index (χ1v) is 3.10. The summed E-state index contributed by atoms with van der Waals surface area (Å²) in [6.07, 6.45) is 2.79. The van der Waals surface area contributed by atoms with Crippen LogP contribution in [-0.2, 0) is 0 Å². The third-order valence-corrected chi connectivity index (χ3v) is 0.543. The molecule has 0 saturated heterocycles. The van der Waals surface area contributed by atoms with Crippen LogP contribution in [0.25, 0.3) is 0 Å². The van der Waals surface area contributed by atoms with E-state index in [9.17, 15) is 0 Å². The highest BCUT2D eigenvalue weighted by Crippen LogP contribution is 1.97. The van der Waals surface area contributed by atoms with Crippen LogP contribution in [-0.4, -0.2) is 0 Å². The van der Waals surface area contributed by atoms with Crippen LogP contribution in [0.4, 0.5) is 5.88 Å². The van der Waals surface area contributed by atoms with Crippen molar-refractivity contribution in [3.63, 3.8) is 0 Å². The number of nitrogens with two attached hydrogens (primary N) is 1. The van der Waals surface area contributed by atoms with Crippen molar-refractivity contribution in [1.29, 1.82) is 0 Å². The molecular formula is C7H15NO. The molecule has 1 aromatic heterocycles. The van der Waals surface area contributed by atoms with E-state index in [1.54, 1.807) is 12.1 Å². The van der Waals surface area contributed by atoms with Gasteiger partial charge >= 0.3 is 0 Å². The molecule has 0 aliphatic carbocycles. The molecule has 0 unspecified atom stereocenters. The molecule has 0 fully saturated rings. The molecule has 9 heavy (non-hydrogen) atoms. The lowest BCUT2D eigenvalue weighted by Crippen LogP contribution is -1.74. The zero-order valence-corrected chi connectivity index (χ0v) is 5.92. The summed E-state index contributed by atoms with van der Waals surface area (Å²) < 4.78 is 4.61. The summed E-state index contributed by atoms with van der Waals surface area (Å²) in [6.45, 7) is 4.25. The monoisotopic (exact) mass is 129 g/mol. The largest absolute Gasteiger partial charge is 0.449 e. The van der Waals surface area contributed by atoms with Crippen molar-refractivity contribution in [2.75, 3.05) is 5.73 Å². The first-order chi connectivity index (χ1) is 4.31. The Morgan fingerprint density at radius 1 is 1.67 bits per heavy atom. The molecule has 54 valence electrons. The molecule has 0 bridgehead atoms. The van der Waals surface area contributed by atoms with Crippen molar-refractivity contribution >= 4 is 5.88 Å². The Morgan fingerprint density at radius 2 is 2.22 bits per heavy atom. The van der Waals surface area contributed by atoms with Gasteiger partial charge in [0, 0.05) is 7.49 Å². The SMILES string of the molecule is CCC.Nc1ccco1.[HH]. The number of nitrogen functional groups attached to an aromatic ring is 1. The van der Waals surface area contributed by atoms with Crippen LogP contribution in [0.3, 0.4) is 0 Å². The highest BCUT2D eigenvalue weighted by molar-refractivity contribution is 5.20. The predicted octanol–water partition coefficient (Wildman–Crippen LogP) is 2.52. The molecule has 2 nitrogen and oxygen atoms in total. The van der Waals surface area contributed by atoms with Gasteiger partial charge in [-0.15, -0.1) is 0 Å². The molecule has 0 saturated carbocycles. The van der Waals surface area contributed by atoms with Gasteiger partial charge < -0.3 is 10.2 Å². The van der Waals surface area contributed by atoms with Crippen molar-refractivity contribution in [3.8, 4) is 0 Å². The summed E-state index contributed by atoms with van der Waals surface area (Å²) >= 11 is 0. The fraction of sp³-hybridized carbons (Fsp3) is 0.429. The summed E-state index contributed by atoms with van der Waals surface area (Å²) in [5.74, 6) is 0.468. The van der Waals surface area contributed by atoms with Crippen molar-refractivity contribution in [2.24, 2.45) is 0 Å². The fourth-order valence-corrected chi connectivity index (χ4v) is 0.291. The number of anilines is 1. The number of furan rings is 1. The molecule has 0 aromatic carbocycles. The molecule has 0 aliphatic heterocycles. The summed E-state index contributed by atoms with van der Waals surface area (Å²) in [7, 11) is 0. The highest BCUT2D eigenvalue weighted by atomic mass is 16.3. The predicted molar refractivity (Wildman–Crippen MR) is 41.2 cm³/mol.